The molecule has 1 aliphatic heterocycles. The predicted octanol–water partition coefficient (Wildman–Crippen LogP) is 3.33. The highest BCUT2D eigenvalue weighted by atomic mass is 35.5. The van der Waals surface area contributed by atoms with Crippen LogP contribution in [0.3, 0.4) is 0 Å². The molecule has 0 unspecified atom stereocenters. The number of fused-ring (bicyclic) bond motifs is 1. The molecule has 0 amide bonds. The maximum Gasteiger partial charge on any atom is 0.287 e. The third kappa shape index (κ3) is 4.50. The summed E-state index contributed by atoms with van der Waals surface area (Å²) < 4.78 is 29.4. The molecule has 1 aliphatic carbocycles. The van der Waals surface area contributed by atoms with Crippen LogP contribution in [0, 0.1) is 0 Å². The van der Waals surface area contributed by atoms with Crippen molar-refractivity contribution in [1.29, 1.82) is 0 Å². The van der Waals surface area contributed by atoms with Gasteiger partial charge in [-0.25, -0.2) is 13.1 Å². The van der Waals surface area contributed by atoms with Gasteiger partial charge in [-0.3, -0.25) is 4.79 Å². The van der Waals surface area contributed by atoms with Crippen molar-refractivity contribution in [3.8, 4) is 0 Å². The molecule has 34 heavy (non-hydrogen) atoms. The first-order valence-corrected chi connectivity index (χ1v) is 13.4. The van der Waals surface area contributed by atoms with Crippen LogP contribution in [0.2, 0.25) is 5.02 Å². The van der Waals surface area contributed by atoms with Crippen LogP contribution in [0.1, 0.15) is 29.5 Å². The van der Waals surface area contributed by atoms with Gasteiger partial charge in [0.05, 0.1) is 23.3 Å². The van der Waals surface area contributed by atoms with Crippen molar-refractivity contribution in [3.05, 3.63) is 86.8 Å². The lowest BCUT2D eigenvalue weighted by Crippen LogP contribution is -2.49. The Morgan fingerprint density at radius 2 is 1.62 bits per heavy atom. The summed E-state index contributed by atoms with van der Waals surface area (Å²) in [7, 11) is -3.57. The molecule has 5 rings (SSSR count). The van der Waals surface area contributed by atoms with E-state index in [-0.39, 0.29) is 10.6 Å². The Hall–Kier alpha value is -2.68. The number of sulfonamides is 1. The summed E-state index contributed by atoms with van der Waals surface area (Å²) in [5, 5.41) is 4.42. The number of piperazine rings is 1. The number of nitrogens with zero attached hydrogens (tertiary/aromatic N) is 4. The molecule has 3 aromatic rings. The van der Waals surface area contributed by atoms with Gasteiger partial charge in [-0.15, -0.1) is 0 Å². The quantitative estimate of drug-likeness (QED) is 0.539. The minimum atomic E-state index is -3.57. The lowest BCUT2D eigenvalue weighted by Gasteiger charge is -2.35. The van der Waals surface area contributed by atoms with E-state index in [1.807, 2.05) is 47.4 Å². The Kier molecular flexibility index (Phi) is 6.46. The molecule has 0 bridgehead atoms. The second-order valence-corrected chi connectivity index (χ2v) is 11.1. The van der Waals surface area contributed by atoms with E-state index >= 15 is 0 Å². The van der Waals surface area contributed by atoms with Crippen LogP contribution in [0.25, 0.3) is 0 Å². The molecule has 2 heterocycles. The minimum absolute atomic E-state index is 0.108. The van der Waals surface area contributed by atoms with Gasteiger partial charge in [0.2, 0.25) is 10.0 Å². The van der Waals surface area contributed by atoms with Crippen LogP contribution in [-0.4, -0.2) is 48.7 Å². The molecule has 0 saturated carbocycles. The standard InChI is InChI=1S/C25H27ClN4O3S/c26-24-23(17-27-30(25(24)31)18-19-6-2-1-3-7-19)28-12-14-29(15-13-28)34(32,33)22-11-10-20-8-4-5-9-21(20)16-22/h1-3,6-7,10-11,16-17H,4-5,8-9,12-15,18H2. The van der Waals surface area contributed by atoms with E-state index in [0.29, 0.717) is 43.3 Å². The maximum atomic E-state index is 13.3. The summed E-state index contributed by atoms with van der Waals surface area (Å²) in [5.74, 6) is 0. The summed E-state index contributed by atoms with van der Waals surface area (Å²) in [4.78, 5) is 15.1. The van der Waals surface area contributed by atoms with Crippen molar-refractivity contribution >= 4 is 27.3 Å². The SMILES string of the molecule is O=c1c(Cl)c(N2CCN(S(=O)(=O)c3ccc4c(c3)CCCC4)CC2)cnn1Cc1ccccc1. The fourth-order valence-electron chi connectivity index (χ4n) is 4.73. The first-order chi connectivity index (χ1) is 16.4. The Balaban J connectivity index is 1.29. The molecule has 0 spiro atoms. The number of anilines is 1. The van der Waals surface area contributed by atoms with Crippen molar-refractivity contribution in [2.24, 2.45) is 0 Å². The predicted molar refractivity (Wildman–Crippen MR) is 133 cm³/mol. The highest BCUT2D eigenvalue weighted by Crippen LogP contribution is 2.28. The van der Waals surface area contributed by atoms with E-state index in [1.165, 1.54) is 14.6 Å². The van der Waals surface area contributed by atoms with E-state index < -0.39 is 10.0 Å². The third-order valence-electron chi connectivity index (χ3n) is 6.68. The second kappa shape index (κ2) is 9.52. The largest absolute Gasteiger partial charge is 0.366 e. The average molecular weight is 499 g/mol. The van der Waals surface area contributed by atoms with Crippen LogP contribution in [0.15, 0.2) is 64.4 Å². The zero-order valence-corrected chi connectivity index (χ0v) is 20.4. The molecule has 9 heteroatoms. The monoisotopic (exact) mass is 498 g/mol. The number of hydrogen-bond acceptors (Lipinski definition) is 5. The average Bonchev–Trinajstić information content (AvgIpc) is 2.87. The van der Waals surface area contributed by atoms with Crippen molar-refractivity contribution < 1.29 is 8.42 Å². The van der Waals surface area contributed by atoms with Gasteiger partial charge in [0.25, 0.3) is 5.56 Å². The van der Waals surface area contributed by atoms with Gasteiger partial charge < -0.3 is 4.90 Å². The van der Waals surface area contributed by atoms with Crippen molar-refractivity contribution in [2.45, 2.75) is 37.1 Å². The van der Waals surface area contributed by atoms with Gasteiger partial charge in [-0.2, -0.15) is 9.40 Å². The number of aryl methyl sites for hydroxylation is 2. The summed E-state index contributed by atoms with van der Waals surface area (Å²) in [6, 6.07) is 15.1. The summed E-state index contributed by atoms with van der Waals surface area (Å²) in [5.41, 5.74) is 3.56. The minimum Gasteiger partial charge on any atom is -0.366 e. The first kappa shape index (κ1) is 23.1. The van der Waals surface area contributed by atoms with Crippen LogP contribution in [0.4, 0.5) is 5.69 Å². The number of aromatic nitrogens is 2. The molecule has 1 fully saturated rings. The molecule has 1 saturated heterocycles. The van der Waals surface area contributed by atoms with E-state index in [2.05, 4.69) is 5.10 Å². The summed E-state index contributed by atoms with van der Waals surface area (Å²) >= 11 is 6.44. The van der Waals surface area contributed by atoms with Gasteiger partial charge in [0.1, 0.15) is 5.02 Å². The molecule has 0 atom stereocenters. The number of hydrogen-bond donors (Lipinski definition) is 0. The Morgan fingerprint density at radius 3 is 2.35 bits per heavy atom. The Labute approximate surface area is 204 Å². The molecule has 0 N–H and O–H groups in total. The topological polar surface area (TPSA) is 75.5 Å². The fraction of sp³-hybridized carbons (Fsp3) is 0.360. The number of benzene rings is 2. The molecular formula is C25H27ClN4O3S. The molecule has 1 aromatic heterocycles. The van der Waals surface area contributed by atoms with Gasteiger partial charge in [0.15, 0.2) is 0 Å². The highest BCUT2D eigenvalue weighted by Gasteiger charge is 2.30. The van der Waals surface area contributed by atoms with Crippen LogP contribution >= 0.6 is 11.6 Å². The molecule has 7 nitrogen and oxygen atoms in total. The maximum absolute atomic E-state index is 13.3. The highest BCUT2D eigenvalue weighted by molar-refractivity contribution is 7.89. The van der Waals surface area contributed by atoms with Crippen molar-refractivity contribution in [1.82, 2.24) is 14.1 Å². The first-order valence-electron chi connectivity index (χ1n) is 11.6. The van der Waals surface area contributed by atoms with E-state index in [4.69, 9.17) is 11.6 Å². The zero-order valence-electron chi connectivity index (χ0n) is 18.9. The van der Waals surface area contributed by atoms with E-state index in [1.54, 1.807) is 12.3 Å². The molecule has 2 aromatic carbocycles. The summed E-state index contributed by atoms with van der Waals surface area (Å²) in [6.07, 6.45) is 5.82. The lowest BCUT2D eigenvalue weighted by molar-refractivity contribution is 0.384. The summed E-state index contributed by atoms with van der Waals surface area (Å²) in [6.45, 7) is 1.86. The van der Waals surface area contributed by atoms with E-state index in [0.717, 1.165) is 36.8 Å². The Morgan fingerprint density at radius 1 is 0.912 bits per heavy atom. The van der Waals surface area contributed by atoms with Gasteiger partial charge >= 0.3 is 0 Å². The van der Waals surface area contributed by atoms with Crippen molar-refractivity contribution in [3.63, 3.8) is 0 Å². The molecule has 0 radical (unpaired) electrons. The van der Waals surface area contributed by atoms with Crippen LogP contribution < -0.4 is 10.5 Å². The van der Waals surface area contributed by atoms with Crippen LogP contribution in [0.5, 0.6) is 0 Å². The van der Waals surface area contributed by atoms with E-state index in [9.17, 15) is 13.2 Å². The lowest BCUT2D eigenvalue weighted by atomic mass is 9.92. The van der Waals surface area contributed by atoms with Gasteiger partial charge in [-0.05, 0) is 54.5 Å². The van der Waals surface area contributed by atoms with Gasteiger partial charge in [-0.1, -0.05) is 48.0 Å². The zero-order chi connectivity index (χ0) is 23.7. The molecular weight excluding hydrogens is 472 g/mol. The van der Waals surface area contributed by atoms with Crippen molar-refractivity contribution in [2.75, 3.05) is 31.1 Å². The van der Waals surface area contributed by atoms with Crippen LogP contribution in [-0.2, 0) is 29.4 Å². The smallest absolute Gasteiger partial charge is 0.287 e. The Bertz CT molecular complexity index is 1350. The molecule has 178 valence electrons. The normalized spacial score (nSPS) is 16.9. The second-order valence-electron chi connectivity index (χ2n) is 8.82. The number of halogens is 1. The number of rotatable bonds is 5. The van der Waals surface area contributed by atoms with Gasteiger partial charge in [0, 0.05) is 26.2 Å². The third-order valence-corrected chi connectivity index (χ3v) is 8.93. The molecule has 2 aliphatic rings. The fourth-order valence-corrected chi connectivity index (χ4v) is 6.47.